The van der Waals surface area contributed by atoms with Crippen molar-refractivity contribution in [1.82, 2.24) is 36.2 Å². The van der Waals surface area contributed by atoms with Gasteiger partial charge in [0.25, 0.3) is 0 Å². The molecule has 0 aromatic heterocycles. The minimum absolute atomic E-state index is 0.00561. The molecule has 0 radical (unpaired) electrons. The first kappa shape index (κ1) is 67.3. The predicted molar refractivity (Wildman–Crippen MR) is 291 cm³/mol. The zero-order valence-electron chi connectivity index (χ0n) is 48.4. The largest absolute Gasteiger partial charge is 0.381 e. The van der Waals surface area contributed by atoms with Crippen molar-refractivity contribution in [2.24, 2.45) is 35.0 Å². The van der Waals surface area contributed by atoms with Crippen LogP contribution in [0.5, 0.6) is 0 Å². The van der Waals surface area contributed by atoms with Gasteiger partial charge in [0.15, 0.2) is 5.78 Å². The highest BCUT2D eigenvalue weighted by molar-refractivity contribution is 6.05. The van der Waals surface area contributed by atoms with Crippen LogP contribution in [0.2, 0.25) is 0 Å². The Labute approximate surface area is 445 Å². The molecule has 1 aromatic carbocycles. The molecule has 0 aliphatic carbocycles. The van der Waals surface area contributed by atoms with Crippen LogP contribution in [0, 0.1) is 35.0 Å². The lowest BCUT2D eigenvalue weighted by molar-refractivity contribution is -0.142. The van der Waals surface area contributed by atoms with Crippen LogP contribution in [0.1, 0.15) is 166 Å². The van der Waals surface area contributed by atoms with Crippen molar-refractivity contribution in [2.45, 2.75) is 197 Å². The van der Waals surface area contributed by atoms with E-state index in [-0.39, 0.29) is 102 Å². The second-order valence-electron chi connectivity index (χ2n) is 21.5. The van der Waals surface area contributed by atoms with Crippen LogP contribution in [0.3, 0.4) is 0 Å². The number of nitrogens with zero attached hydrogens (tertiary/aromatic N) is 3. The lowest BCUT2D eigenvalue weighted by Crippen LogP contribution is -2.54. The van der Waals surface area contributed by atoms with Gasteiger partial charge in [-0.3, -0.25) is 59.0 Å². The van der Waals surface area contributed by atoms with E-state index in [0.29, 0.717) is 70.1 Å². The average molecular weight is 1040 g/mol. The molecule has 4 N–H and O–H groups in total. The molecular weight excluding hydrogens is 943 g/mol. The topological polar surface area (TPSA) is 213 Å². The number of hydrogen-bond acceptors (Lipinski definition) is 11. The maximum atomic E-state index is 13.3. The van der Waals surface area contributed by atoms with Crippen LogP contribution in [0.25, 0.3) is 0 Å². The van der Waals surface area contributed by atoms with Gasteiger partial charge in [0.1, 0.15) is 0 Å². The summed E-state index contributed by atoms with van der Waals surface area (Å²) in [6.07, 6.45) is 6.56. The Hall–Kier alpha value is -4.74. The van der Waals surface area contributed by atoms with Crippen molar-refractivity contribution < 1.29 is 47.8 Å². The smallest absolute Gasteiger partial charge is 0.238 e. The summed E-state index contributed by atoms with van der Waals surface area (Å²) >= 11 is 0. The molecule has 2 heterocycles. The molecule has 0 spiro atoms. The lowest BCUT2D eigenvalue weighted by atomic mass is 9.87. The van der Waals surface area contributed by atoms with Crippen LogP contribution in [0.15, 0.2) is 30.3 Å². The number of ketones is 1. The number of hydrogen-bond donors (Lipinski definition) is 4. The number of imide groups is 1. The fourth-order valence-corrected chi connectivity index (χ4v) is 9.80. The van der Waals surface area contributed by atoms with Crippen molar-refractivity contribution in [3.8, 4) is 0 Å². The molecule has 3 rings (SSSR count). The van der Waals surface area contributed by atoms with Crippen LogP contribution in [-0.2, 0) is 54.3 Å². The van der Waals surface area contributed by atoms with Crippen LogP contribution in [-0.4, -0.2) is 140 Å². The van der Waals surface area contributed by atoms with Gasteiger partial charge in [-0.15, -0.1) is 0 Å². The number of unbranched alkanes of at least 4 members (excludes halogenated alkanes) is 2. The number of carbonyl (C=O) groups is 8. The van der Waals surface area contributed by atoms with Gasteiger partial charge in [-0.05, 0) is 88.3 Å². The third-order valence-electron chi connectivity index (χ3n) is 14.6. The number of methoxy groups -OCH3 is 2. The Kier molecular flexibility index (Phi) is 31.6. The number of amides is 7. The molecule has 7 amide bonds. The Balaban J connectivity index is 0.000000724. The summed E-state index contributed by atoms with van der Waals surface area (Å²) in [5.74, 6) is -0.709. The standard InChI is InChI=1S/C28H49N5O6.C27H44N2O4.C2H6/c1-18(2)24(20(5)34)29-26(38)25(19(3)4)32(8)15-12-14-22(36)31-30-21(35)13-10-9-11-16-33-23(37)17-28(6,7)27(33)39;1-7-19(2)20(3)24(32-5)18-25(30)29-17-11-14-23(29)26(33-6)21(4)27(31)28-16-15-22-12-9-8-10-13-22;1-2/h18-19,24-25H,9-17H2,1-8H3,(H,29,38)(H,30,35)(H,31,36);8-10,12-13,19-21,23-24,26H,7,11,14-18H2,1-6H3,(H,28,31);1-2H3/t24-,25?;19?,20-,21?,23-,24?,26?;/m00./s1. The first-order chi connectivity index (χ1) is 34.9. The normalized spacial score (nSPS) is 18.0. The zero-order chi connectivity index (χ0) is 56.3. The van der Waals surface area contributed by atoms with Crippen molar-refractivity contribution in [1.29, 1.82) is 0 Å². The monoisotopic (exact) mass is 1040 g/mol. The summed E-state index contributed by atoms with van der Waals surface area (Å²) in [6.45, 7) is 27.2. The fraction of sp³-hybridized carbons (Fsp3) is 0.754. The van der Waals surface area contributed by atoms with E-state index >= 15 is 0 Å². The number of hydrazine groups is 1. The zero-order valence-corrected chi connectivity index (χ0v) is 48.4. The minimum Gasteiger partial charge on any atom is -0.381 e. The predicted octanol–water partition coefficient (Wildman–Crippen LogP) is 7.05. The second-order valence-corrected chi connectivity index (χ2v) is 21.5. The molecule has 2 aliphatic rings. The van der Waals surface area contributed by atoms with Gasteiger partial charge in [-0.2, -0.15) is 0 Å². The highest BCUT2D eigenvalue weighted by Crippen LogP contribution is 2.32. The Morgan fingerprint density at radius 3 is 1.95 bits per heavy atom. The van der Waals surface area contributed by atoms with E-state index in [9.17, 15) is 38.4 Å². The Bertz CT molecular complexity index is 1890. The van der Waals surface area contributed by atoms with Crippen molar-refractivity contribution in [3.63, 3.8) is 0 Å². The number of nitrogens with one attached hydrogen (secondary N) is 4. The number of carbonyl (C=O) groups excluding carboxylic acids is 8. The molecule has 422 valence electrons. The van der Waals surface area contributed by atoms with Crippen LogP contribution in [0.4, 0.5) is 0 Å². The summed E-state index contributed by atoms with van der Waals surface area (Å²) in [6, 6.07) is 9.05. The summed E-state index contributed by atoms with van der Waals surface area (Å²) < 4.78 is 11.5. The molecule has 2 fully saturated rings. The van der Waals surface area contributed by atoms with Crippen molar-refractivity contribution >= 4 is 47.1 Å². The van der Waals surface area contributed by atoms with E-state index in [1.807, 2.05) is 83.5 Å². The molecule has 0 bridgehead atoms. The van der Waals surface area contributed by atoms with Crippen molar-refractivity contribution in [2.75, 3.05) is 47.4 Å². The highest BCUT2D eigenvalue weighted by Gasteiger charge is 2.44. The maximum Gasteiger partial charge on any atom is 0.238 e. The number of likely N-dealkylation sites (N-methyl/N-ethyl adjacent to an activating group) is 1. The van der Waals surface area contributed by atoms with Crippen LogP contribution >= 0.6 is 0 Å². The third kappa shape index (κ3) is 22.2. The summed E-state index contributed by atoms with van der Waals surface area (Å²) in [5, 5.41) is 5.91. The second kappa shape index (κ2) is 34.8. The van der Waals surface area contributed by atoms with E-state index in [4.69, 9.17) is 9.47 Å². The summed E-state index contributed by atoms with van der Waals surface area (Å²) in [7, 11) is 5.15. The quantitative estimate of drug-likeness (QED) is 0.0363. The number of rotatable bonds is 29. The molecule has 17 nitrogen and oxygen atoms in total. The number of benzene rings is 1. The fourth-order valence-electron chi connectivity index (χ4n) is 9.80. The van der Waals surface area contributed by atoms with E-state index in [1.165, 1.54) is 17.4 Å². The third-order valence-corrected chi connectivity index (χ3v) is 14.6. The molecule has 0 saturated carbocycles. The Morgan fingerprint density at radius 1 is 0.824 bits per heavy atom. The van der Waals surface area contributed by atoms with Gasteiger partial charge in [0.05, 0.1) is 48.1 Å². The number of Topliss-reactive ketones (excluding diaryl/α,β-unsaturated/α-hetero) is 1. The molecule has 8 atom stereocenters. The van der Waals surface area contributed by atoms with Gasteiger partial charge < -0.3 is 25.0 Å². The molecular formula is C57H99N7O10. The molecule has 2 saturated heterocycles. The Morgan fingerprint density at radius 2 is 1.43 bits per heavy atom. The van der Waals surface area contributed by atoms with E-state index in [1.54, 1.807) is 28.1 Å². The molecule has 5 unspecified atom stereocenters. The summed E-state index contributed by atoms with van der Waals surface area (Å²) in [4.78, 5) is 104. The SMILES string of the molecule is CC.CC(=O)[C@@H](NC(=O)C(C(C)C)N(C)CCCC(=O)NNC(=O)CCCCCN1C(=O)CC(C)(C)C1=O)C(C)C.CCC(C)[C@H](C)C(CC(=O)N1CCC[C@H]1C(OC)C(C)C(=O)NCCc1ccccc1)OC. The van der Waals surface area contributed by atoms with E-state index in [0.717, 1.165) is 25.7 Å². The molecule has 17 heteroatoms. The van der Waals surface area contributed by atoms with Gasteiger partial charge in [-0.25, -0.2) is 0 Å². The lowest BCUT2D eigenvalue weighted by Gasteiger charge is -2.35. The average Bonchev–Trinajstić information content (AvgIpc) is 3.92. The van der Waals surface area contributed by atoms with E-state index in [2.05, 4.69) is 54.4 Å². The van der Waals surface area contributed by atoms with Gasteiger partial charge in [0, 0.05) is 53.1 Å². The number of likely N-dealkylation sites (tertiary alicyclic amines) is 2. The molecule has 74 heavy (non-hydrogen) atoms. The first-order valence-electron chi connectivity index (χ1n) is 27.5. The molecule has 1 aromatic rings. The van der Waals surface area contributed by atoms with E-state index < -0.39 is 17.5 Å². The summed E-state index contributed by atoms with van der Waals surface area (Å²) in [5.41, 5.74) is 5.39. The van der Waals surface area contributed by atoms with Gasteiger partial charge in [0.2, 0.25) is 41.4 Å². The first-order valence-corrected chi connectivity index (χ1v) is 27.5. The van der Waals surface area contributed by atoms with Gasteiger partial charge in [-0.1, -0.05) is 126 Å². The minimum atomic E-state index is -0.636. The van der Waals surface area contributed by atoms with Crippen molar-refractivity contribution in [3.05, 3.63) is 35.9 Å². The maximum absolute atomic E-state index is 13.3. The van der Waals surface area contributed by atoms with Crippen LogP contribution < -0.4 is 21.5 Å². The highest BCUT2D eigenvalue weighted by atomic mass is 16.5. The number of ether oxygens (including phenoxy) is 2. The van der Waals surface area contributed by atoms with Gasteiger partial charge >= 0.3 is 0 Å². The molecule has 2 aliphatic heterocycles.